The molecule has 2 aliphatic rings. The highest BCUT2D eigenvalue weighted by Crippen LogP contribution is 2.63. The predicted octanol–water partition coefficient (Wildman–Crippen LogP) is 3.14. The molecule has 1 amide bonds. The number of rotatable bonds is 2. The first-order valence-electron chi connectivity index (χ1n) is 6.49. The molecule has 2 heterocycles. The van der Waals surface area contributed by atoms with E-state index in [2.05, 4.69) is 12.6 Å². The summed E-state index contributed by atoms with van der Waals surface area (Å²) in [7, 11) is 0. The summed E-state index contributed by atoms with van der Waals surface area (Å²) in [5, 5.41) is 8.44. The van der Waals surface area contributed by atoms with Gasteiger partial charge in [0, 0.05) is 5.75 Å². The summed E-state index contributed by atoms with van der Waals surface area (Å²) in [4.78, 5) is 13.9. The Morgan fingerprint density at radius 2 is 2.43 bits per heavy atom. The second kappa shape index (κ2) is 4.71. The van der Waals surface area contributed by atoms with Crippen LogP contribution in [-0.2, 0) is 4.74 Å². The number of hydrogen-bond acceptors (Lipinski definition) is 5. The van der Waals surface area contributed by atoms with Crippen LogP contribution in [0.3, 0.4) is 0 Å². The molecule has 5 nitrogen and oxygen atoms in total. The van der Waals surface area contributed by atoms with Gasteiger partial charge in [0.15, 0.2) is 0 Å². The number of ether oxygens (including phenoxy) is 2. The molecule has 0 radical (unpaired) electrons. The third kappa shape index (κ3) is 1.74. The maximum atomic E-state index is 12.4. The van der Waals surface area contributed by atoms with Crippen LogP contribution in [0.2, 0.25) is 0 Å². The SMILES string of the molecule is C=CCOC(=O)N1c2ccccc2OC12SCC2(C)C#N. The van der Waals surface area contributed by atoms with Crippen molar-refractivity contribution in [2.75, 3.05) is 17.3 Å². The Kier molecular flexibility index (Phi) is 3.10. The second-order valence-corrected chi connectivity index (χ2v) is 6.22. The van der Waals surface area contributed by atoms with E-state index in [0.717, 1.165) is 0 Å². The number of fused-ring (bicyclic) bond motifs is 1. The first kappa shape index (κ1) is 13.8. The summed E-state index contributed by atoms with van der Waals surface area (Å²) in [5.41, 5.74) is -0.163. The minimum atomic E-state index is -1.05. The van der Waals surface area contributed by atoms with Gasteiger partial charge in [-0.15, -0.1) is 0 Å². The van der Waals surface area contributed by atoms with Gasteiger partial charge in [0.05, 0.1) is 11.8 Å². The monoisotopic (exact) mass is 302 g/mol. The van der Waals surface area contributed by atoms with Gasteiger partial charge in [-0.25, -0.2) is 9.69 Å². The zero-order valence-corrected chi connectivity index (χ0v) is 12.4. The number of carbonyl (C=O) groups excluding carboxylic acids is 1. The lowest BCUT2D eigenvalue weighted by molar-refractivity contribution is 0.0671. The molecule has 2 atom stereocenters. The van der Waals surface area contributed by atoms with Gasteiger partial charge in [-0.05, 0) is 19.1 Å². The third-order valence-electron chi connectivity index (χ3n) is 3.66. The van der Waals surface area contributed by atoms with E-state index in [1.807, 2.05) is 12.1 Å². The van der Waals surface area contributed by atoms with Crippen molar-refractivity contribution in [1.29, 1.82) is 5.26 Å². The van der Waals surface area contributed by atoms with Crippen LogP contribution < -0.4 is 9.64 Å². The zero-order chi connectivity index (χ0) is 15.1. The van der Waals surface area contributed by atoms with Crippen LogP contribution >= 0.6 is 11.8 Å². The van der Waals surface area contributed by atoms with Crippen molar-refractivity contribution in [3.8, 4) is 11.8 Å². The molecule has 1 saturated heterocycles. The lowest BCUT2D eigenvalue weighted by Crippen LogP contribution is -2.67. The fourth-order valence-corrected chi connectivity index (χ4v) is 3.85. The molecule has 1 aromatic carbocycles. The number of benzene rings is 1. The minimum Gasteiger partial charge on any atom is -0.454 e. The highest BCUT2D eigenvalue weighted by molar-refractivity contribution is 8.02. The van der Waals surface area contributed by atoms with Crippen LogP contribution in [0, 0.1) is 16.7 Å². The molecular formula is C15H14N2O3S. The fraction of sp³-hybridized carbons (Fsp3) is 0.333. The molecule has 3 rings (SSSR count). The maximum Gasteiger partial charge on any atom is 0.418 e. The second-order valence-electron chi connectivity index (χ2n) is 5.09. The van der Waals surface area contributed by atoms with Crippen LogP contribution in [0.15, 0.2) is 36.9 Å². The lowest BCUT2D eigenvalue weighted by atomic mass is 9.90. The fourth-order valence-electron chi connectivity index (χ4n) is 2.46. The Balaban J connectivity index is 2.04. The first-order chi connectivity index (χ1) is 10.1. The van der Waals surface area contributed by atoms with Gasteiger partial charge < -0.3 is 9.47 Å². The third-order valence-corrected chi connectivity index (χ3v) is 5.49. The average Bonchev–Trinajstić information content (AvgIpc) is 2.88. The highest BCUT2D eigenvalue weighted by Gasteiger charge is 2.69. The molecule has 108 valence electrons. The van der Waals surface area contributed by atoms with E-state index < -0.39 is 16.6 Å². The minimum absolute atomic E-state index is 0.113. The van der Waals surface area contributed by atoms with Gasteiger partial charge in [-0.2, -0.15) is 5.26 Å². The Bertz CT molecular complexity index is 657. The predicted molar refractivity (Wildman–Crippen MR) is 80.0 cm³/mol. The van der Waals surface area contributed by atoms with Crippen molar-refractivity contribution in [2.45, 2.75) is 12.0 Å². The number of thioether (sulfide) groups is 1. The van der Waals surface area contributed by atoms with Crippen molar-refractivity contribution >= 4 is 23.5 Å². The van der Waals surface area contributed by atoms with Crippen molar-refractivity contribution < 1.29 is 14.3 Å². The molecule has 1 spiro atoms. The average molecular weight is 302 g/mol. The molecular weight excluding hydrogens is 288 g/mol. The first-order valence-corrected chi connectivity index (χ1v) is 7.48. The standard InChI is InChI=1S/C15H14N2O3S/c1-3-8-19-13(18)17-11-6-4-5-7-12(11)20-15(17)14(2,9-16)10-21-15/h3-7H,1,8,10H2,2H3. The molecule has 2 unspecified atom stereocenters. The van der Waals surface area contributed by atoms with Crippen molar-refractivity contribution in [3.05, 3.63) is 36.9 Å². The van der Waals surface area contributed by atoms with Crippen LogP contribution in [0.4, 0.5) is 10.5 Å². The Labute approximate surface area is 127 Å². The van der Waals surface area contributed by atoms with E-state index in [-0.39, 0.29) is 6.61 Å². The van der Waals surface area contributed by atoms with E-state index in [1.54, 1.807) is 19.1 Å². The van der Waals surface area contributed by atoms with E-state index in [9.17, 15) is 10.1 Å². The van der Waals surface area contributed by atoms with Gasteiger partial charge in [0.2, 0.25) is 0 Å². The van der Waals surface area contributed by atoms with Crippen LogP contribution in [0.25, 0.3) is 0 Å². The molecule has 0 aromatic heterocycles. The van der Waals surface area contributed by atoms with E-state index in [0.29, 0.717) is 17.2 Å². The van der Waals surface area contributed by atoms with E-state index in [1.165, 1.54) is 22.7 Å². The lowest BCUT2D eigenvalue weighted by Gasteiger charge is -2.51. The molecule has 0 bridgehead atoms. The quantitative estimate of drug-likeness (QED) is 0.785. The van der Waals surface area contributed by atoms with Gasteiger partial charge in [0.25, 0.3) is 5.06 Å². The number of hydrogen-bond donors (Lipinski definition) is 0. The van der Waals surface area contributed by atoms with Gasteiger partial charge in [-0.3, -0.25) is 0 Å². The summed E-state index contributed by atoms with van der Waals surface area (Å²) in [6.45, 7) is 5.44. The normalized spacial score (nSPS) is 29.0. The van der Waals surface area contributed by atoms with Crippen LogP contribution in [0.5, 0.6) is 5.75 Å². The van der Waals surface area contributed by atoms with Crippen LogP contribution in [-0.4, -0.2) is 23.5 Å². The molecule has 21 heavy (non-hydrogen) atoms. The molecule has 1 aromatic rings. The number of amides is 1. The van der Waals surface area contributed by atoms with Gasteiger partial charge in [-0.1, -0.05) is 36.5 Å². The number of nitriles is 1. The molecule has 0 aliphatic carbocycles. The molecule has 0 saturated carbocycles. The largest absolute Gasteiger partial charge is 0.454 e. The summed E-state index contributed by atoms with van der Waals surface area (Å²) in [6.07, 6.45) is 0.971. The number of anilines is 1. The van der Waals surface area contributed by atoms with E-state index >= 15 is 0 Å². The smallest absolute Gasteiger partial charge is 0.418 e. The van der Waals surface area contributed by atoms with Gasteiger partial charge in [0.1, 0.15) is 17.8 Å². The summed E-state index contributed by atoms with van der Waals surface area (Å²) in [6, 6.07) is 9.50. The topological polar surface area (TPSA) is 62.6 Å². The van der Waals surface area contributed by atoms with Crippen LogP contribution in [0.1, 0.15) is 6.92 Å². The molecule has 1 fully saturated rings. The Morgan fingerprint density at radius 3 is 3.05 bits per heavy atom. The number of para-hydroxylation sites is 2. The van der Waals surface area contributed by atoms with Crippen molar-refractivity contribution in [1.82, 2.24) is 0 Å². The number of nitrogens with zero attached hydrogens (tertiary/aromatic N) is 2. The van der Waals surface area contributed by atoms with Crippen molar-refractivity contribution in [3.63, 3.8) is 0 Å². The maximum absolute atomic E-state index is 12.4. The highest BCUT2D eigenvalue weighted by atomic mass is 32.2. The number of carbonyl (C=O) groups is 1. The summed E-state index contributed by atoms with van der Waals surface area (Å²) < 4.78 is 11.2. The molecule has 6 heteroatoms. The molecule has 2 aliphatic heterocycles. The zero-order valence-electron chi connectivity index (χ0n) is 11.5. The van der Waals surface area contributed by atoms with Crippen molar-refractivity contribution in [2.24, 2.45) is 5.41 Å². The molecule has 0 N–H and O–H groups in total. The Morgan fingerprint density at radius 1 is 1.67 bits per heavy atom. The van der Waals surface area contributed by atoms with Gasteiger partial charge >= 0.3 is 6.09 Å². The summed E-state index contributed by atoms with van der Waals surface area (Å²) in [5.74, 6) is 1.18. The summed E-state index contributed by atoms with van der Waals surface area (Å²) >= 11 is 1.43. The van der Waals surface area contributed by atoms with E-state index in [4.69, 9.17) is 9.47 Å². The Hall–Kier alpha value is -2.13.